The summed E-state index contributed by atoms with van der Waals surface area (Å²) in [6.07, 6.45) is 7.76. The summed E-state index contributed by atoms with van der Waals surface area (Å²) in [5.74, 6) is 1.02. The van der Waals surface area contributed by atoms with Crippen molar-refractivity contribution in [2.75, 3.05) is 30.1 Å². The van der Waals surface area contributed by atoms with E-state index < -0.39 is 0 Å². The molecule has 2 atom stereocenters. The summed E-state index contributed by atoms with van der Waals surface area (Å²) in [4.78, 5) is 18.5. The van der Waals surface area contributed by atoms with Gasteiger partial charge < -0.3 is 9.64 Å². The molecule has 0 aromatic carbocycles. The third-order valence-electron chi connectivity index (χ3n) is 3.49. The summed E-state index contributed by atoms with van der Waals surface area (Å²) in [7, 11) is 0. The Bertz CT molecular complexity index is 421. The van der Waals surface area contributed by atoms with Crippen molar-refractivity contribution in [3.05, 3.63) is 24.5 Å². The Morgan fingerprint density at radius 2 is 2.30 bits per heavy atom. The predicted octanol–water partition coefficient (Wildman–Crippen LogP) is 2.59. The lowest BCUT2D eigenvalue weighted by Gasteiger charge is -2.28. The van der Waals surface area contributed by atoms with E-state index in [1.54, 1.807) is 24.2 Å². The number of hydrogen-bond donors (Lipinski definition) is 0. The van der Waals surface area contributed by atoms with Gasteiger partial charge in [0.05, 0.1) is 12.6 Å². The summed E-state index contributed by atoms with van der Waals surface area (Å²) in [6, 6.07) is 3.78. The van der Waals surface area contributed by atoms with Crippen molar-refractivity contribution in [1.82, 2.24) is 4.98 Å². The standard InChI is InChI=1S/C15H22N2O2S/c1-12(11-20-2)15(18)17(10-14-4-3-9-19-14)13-5-7-16-8-6-13/h5-8,12,14H,3-4,9-11H2,1-2H3/t12-,14-/m1/s1. The average molecular weight is 294 g/mol. The normalized spacial score (nSPS) is 19.8. The third-order valence-corrected chi connectivity index (χ3v) is 4.32. The van der Waals surface area contributed by atoms with Crippen molar-refractivity contribution in [3.8, 4) is 0 Å². The zero-order valence-electron chi connectivity index (χ0n) is 12.1. The lowest BCUT2D eigenvalue weighted by molar-refractivity contribution is -0.121. The molecule has 1 fully saturated rings. The van der Waals surface area contributed by atoms with Crippen molar-refractivity contribution in [1.29, 1.82) is 0 Å². The number of aromatic nitrogens is 1. The van der Waals surface area contributed by atoms with Crippen LogP contribution in [0.1, 0.15) is 19.8 Å². The molecule has 1 amide bonds. The monoisotopic (exact) mass is 294 g/mol. The molecule has 0 spiro atoms. The first-order chi connectivity index (χ1) is 9.72. The minimum absolute atomic E-state index is 0.0135. The van der Waals surface area contributed by atoms with E-state index in [9.17, 15) is 4.79 Å². The van der Waals surface area contributed by atoms with Crippen LogP contribution in [0.2, 0.25) is 0 Å². The number of carbonyl (C=O) groups excluding carboxylic acids is 1. The van der Waals surface area contributed by atoms with Gasteiger partial charge in [0.1, 0.15) is 0 Å². The molecule has 1 aromatic rings. The molecular formula is C15H22N2O2S. The second-order valence-electron chi connectivity index (χ2n) is 5.15. The number of rotatable bonds is 6. The number of amides is 1. The summed E-state index contributed by atoms with van der Waals surface area (Å²) < 4.78 is 5.68. The van der Waals surface area contributed by atoms with Crippen molar-refractivity contribution in [3.63, 3.8) is 0 Å². The van der Waals surface area contributed by atoms with E-state index in [1.807, 2.05) is 30.2 Å². The molecule has 1 aliphatic rings. The Labute approximate surface area is 124 Å². The summed E-state index contributed by atoms with van der Waals surface area (Å²) >= 11 is 1.70. The van der Waals surface area contributed by atoms with Crippen LogP contribution in [-0.4, -0.2) is 42.2 Å². The van der Waals surface area contributed by atoms with Crippen LogP contribution in [0.3, 0.4) is 0 Å². The summed E-state index contributed by atoms with van der Waals surface area (Å²) in [5.41, 5.74) is 0.911. The van der Waals surface area contributed by atoms with Crippen LogP contribution in [0.5, 0.6) is 0 Å². The number of pyridine rings is 1. The van der Waals surface area contributed by atoms with Crippen LogP contribution in [-0.2, 0) is 9.53 Å². The largest absolute Gasteiger partial charge is 0.376 e. The molecule has 5 heteroatoms. The third kappa shape index (κ3) is 3.96. The Morgan fingerprint density at radius 3 is 2.90 bits per heavy atom. The number of anilines is 1. The molecule has 0 N–H and O–H groups in total. The molecule has 0 bridgehead atoms. The van der Waals surface area contributed by atoms with E-state index in [0.29, 0.717) is 6.54 Å². The summed E-state index contributed by atoms with van der Waals surface area (Å²) in [6.45, 7) is 3.44. The van der Waals surface area contributed by atoms with Crippen molar-refractivity contribution in [2.45, 2.75) is 25.9 Å². The molecule has 0 radical (unpaired) electrons. The fraction of sp³-hybridized carbons (Fsp3) is 0.600. The van der Waals surface area contributed by atoms with E-state index in [1.165, 1.54) is 0 Å². The van der Waals surface area contributed by atoms with Crippen LogP contribution in [0, 0.1) is 5.92 Å². The molecule has 2 heterocycles. The van der Waals surface area contributed by atoms with Crippen molar-refractivity contribution >= 4 is 23.4 Å². The van der Waals surface area contributed by atoms with Gasteiger partial charge in [-0.05, 0) is 31.2 Å². The second-order valence-corrected chi connectivity index (χ2v) is 6.06. The Balaban J connectivity index is 2.12. The maximum atomic E-state index is 12.7. The minimum Gasteiger partial charge on any atom is -0.376 e. The van der Waals surface area contributed by atoms with Gasteiger partial charge in [0.25, 0.3) is 0 Å². The topological polar surface area (TPSA) is 42.4 Å². The van der Waals surface area contributed by atoms with Gasteiger partial charge in [0.15, 0.2) is 0 Å². The summed E-state index contributed by atoms with van der Waals surface area (Å²) in [5, 5.41) is 0. The highest BCUT2D eigenvalue weighted by Gasteiger charge is 2.26. The average Bonchev–Trinajstić information content (AvgIpc) is 2.98. The molecule has 2 rings (SSSR count). The fourth-order valence-electron chi connectivity index (χ4n) is 2.43. The molecule has 1 saturated heterocycles. The van der Waals surface area contributed by atoms with Gasteiger partial charge in [-0.25, -0.2) is 0 Å². The molecule has 1 aromatic heterocycles. The van der Waals surface area contributed by atoms with E-state index in [2.05, 4.69) is 4.98 Å². The first-order valence-corrected chi connectivity index (χ1v) is 8.43. The van der Waals surface area contributed by atoms with Gasteiger partial charge in [-0.1, -0.05) is 6.92 Å². The Hall–Kier alpha value is -1.07. The maximum Gasteiger partial charge on any atom is 0.230 e. The smallest absolute Gasteiger partial charge is 0.230 e. The van der Waals surface area contributed by atoms with E-state index >= 15 is 0 Å². The molecule has 0 unspecified atom stereocenters. The molecule has 0 aliphatic carbocycles. The Kier molecular flexibility index (Phi) is 5.86. The Morgan fingerprint density at radius 1 is 1.55 bits per heavy atom. The molecule has 1 aliphatic heterocycles. The van der Waals surface area contributed by atoms with Gasteiger partial charge in [0.2, 0.25) is 5.91 Å². The van der Waals surface area contributed by atoms with E-state index in [0.717, 1.165) is 30.9 Å². The lowest BCUT2D eigenvalue weighted by atomic mass is 10.1. The van der Waals surface area contributed by atoms with Gasteiger partial charge in [-0.2, -0.15) is 11.8 Å². The number of nitrogens with zero attached hydrogens (tertiary/aromatic N) is 2. The highest BCUT2D eigenvalue weighted by molar-refractivity contribution is 7.98. The van der Waals surface area contributed by atoms with Crippen molar-refractivity contribution in [2.24, 2.45) is 5.92 Å². The van der Waals surface area contributed by atoms with E-state index in [-0.39, 0.29) is 17.9 Å². The minimum atomic E-state index is 0.0135. The number of hydrogen-bond acceptors (Lipinski definition) is 4. The first kappa shape index (κ1) is 15.3. The SMILES string of the molecule is CSC[C@@H](C)C(=O)N(C[C@H]1CCCO1)c1ccncc1. The van der Waals surface area contributed by atoms with E-state index in [4.69, 9.17) is 4.74 Å². The van der Waals surface area contributed by atoms with Gasteiger partial charge in [0, 0.05) is 36.4 Å². The van der Waals surface area contributed by atoms with Crippen LogP contribution in [0.4, 0.5) is 5.69 Å². The maximum absolute atomic E-state index is 12.7. The zero-order chi connectivity index (χ0) is 14.4. The van der Waals surface area contributed by atoms with Crippen molar-refractivity contribution < 1.29 is 9.53 Å². The van der Waals surface area contributed by atoms with Crippen LogP contribution >= 0.6 is 11.8 Å². The zero-order valence-corrected chi connectivity index (χ0v) is 12.9. The number of thioether (sulfide) groups is 1. The molecule has 20 heavy (non-hydrogen) atoms. The number of ether oxygens (including phenoxy) is 1. The molecular weight excluding hydrogens is 272 g/mol. The van der Waals surface area contributed by atoms with Gasteiger partial charge in [-0.3, -0.25) is 9.78 Å². The van der Waals surface area contributed by atoms with Crippen LogP contribution < -0.4 is 4.90 Å². The molecule has 110 valence electrons. The highest BCUT2D eigenvalue weighted by Crippen LogP contribution is 2.21. The first-order valence-electron chi connectivity index (χ1n) is 7.04. The highest BCUT2D eigenvalue weighted by atomic mass is 32.2. The van der Waals surface area contributed by atoms with Gasteiger partial charge in [-0.15, -0.1) is 0 Å². The number of carbonyl (C=O) groups is 1. The quantitative estimate of drug-likeness (QED) is 0.809. The van der Waals surface area contributed by atoms with Crippen LogP contribution in [0.15, 0.2) is 24.5 Å². The van der Waals surface area contributed by atoms with Gasteiger partial charge >= 0.3 is 0 Å². The molecule has 4 nitrogen and oxygen atoms in total. The molecule has 0 saturated carbocycles. The fourth-order valence-corrected chi connectivity index (χ4v) is 3.07. The lowest BCUT2D eigenvalue weighted by Crippen LogP contribution is -2.41. The predicted molar refractivity (Wildman–Crippen MR) is 83.1 cm³/mol. The van der Waals surface area contributed by atoms with Crippen LogP contribution in [0.25, 0.3) is 0 Å². The second kappa shape index (κ2) is 7.64.